The highest BCUT2D eigenvalue weighted by Gasteiger charge is 2.13. The molecule has 3 aromatic carbocycles. The second kappa shape index (κ2) is 12.1. The van der Waals surface area contributed by atoms with Gasteiger partial charge in [0.2, 0.25) is 0 Å². The lowest BCUT2D eigenvalue weighted by Gasteiger charge is -2.12. The van der Waals surface area contributed by atoms with Gasteiger partial charge in [0.1, 0.15) is 29.7 Å². The minimum absolute atomic E-state index is 0.0148. The first-order valence-electron chi connectivity index (χ1n) is 10.2. The second-order valence-corrected chi connectivity index (χ2v) is 8.94. The number of amides is 1. The number of hydrogen-bond acceptors (Lipinski definition) is 6. The Morgan fingerprint density at radius 3 is 2.40 bits per heavy atom. The van der Waals surface area contributed by atoms with E-state index in [1.54, 1.807) is 43.5 Å². The van der Waals surface area contributed by atoms with Crippen LogP contribution in [0.4, 0.5) is 5.69 Å². The number of carbonyl (C=O) groups excluding carboxylic acids is 1. The lowest BCUT2D eigenvalue weighted by Crippen LogP contribution is -2.23. The molecule has 0 bridgehead atoms. The van der Waals surface area contributed by atoms with Crippen molar-refractivity contribution in [1.29, 1.82) is 5.26 Å². The first kappa shape index (κ1) is 25.9. The molecule has 0 aliphatic carbocycles. The lowest BCUT2D eigenvalue weighted by molar-refractivity contribution is -0.384. The van der Waals surface area contributed by atoms with Crippen LogP contribution in [-0.2, 0) is 17.9 Å². The molecule has 0 heterocycles. The Morgan fingerprint density at radius 1 is 1.11 bits per heavy atom. The summed E-state index contributed by atoms with van der Waals surface area (Å²) in [6.45, 7) is 0.380. The van der Waals surface area contributed by atoms with Crippen molar-refractivity contribution in [2.45, 2.75) is 13.2 Å². The zero-order valence-electron chi connectivity index (χ0n) is 18.5. The van der Waals surface area contributed by atoms with Crippen molar-refractivity contribution in [2.75, 3.05) is 7.11 Å². The van der Waals surface area contributed by atoms with Crippen molar-refractivity contribution in [2.24, 2.45) is 0 Å². The first-order valence-corrected chi connectivity index (χ1v) is 11.8. The number of benzene rings is 3. The SMILES string of the molecule is COc1ccc(CNC(=O)/C(C#N)=C\c2cc(Br)c(OCc3cccc([N+](=O)[O-])c3)c(Br)c2)cc1. The maximum absolute atomic E-state index is 12.5. The Labute approximate surface area is 218 Å². The number of carbonyl (C=O) groups is 1. The fourth-order valence-corrected chi connectivity index (χ4v) is 4.50. The van der Waals surface area contributed by atoms with Crippen molar-refractivity contribution >= 4 is 49.5 Å². The fraction of sp³-hybridized carbons (Fsp3) is 0.120. The monoisotopic (exact) mass is 599 g/mol. The number of methoxy groups -OCH3 is 1. The van der Waals surface area contributed by atoms with E-state index < -0.39 is 10.8 Å². The molecule has 0 unspecified atom stereocenters. The number of rotatable bonds is 9. The van der Waals surface area contributed by atoms with Crippen LogP contribution >= 0.6 is 31.9 Å². The van der Waals surface area contributed by atoms with Crippen LogP contribution in [0, 0.1) is 21.4 Å². The van der Waals surface area contributed by atoms with Crippen molar-refractivity contribution in [3.63, 3.8) is 0 Å². The van der Waals surface area contributed by atoms with E-state index in [0.29, 0.717) is 31.6 Å². The summed E-state index contributed by atoms with van der Waals surface area (Å²) in [6, 6.07) is 18.8. The topological polar surface area (TPSA) is 114 Å². The Hall–Kier alpha value is -3.68. The normalized spacial score (nSPS) is 10.9. The molecule has 0 aromatic heterocycles. The van der Waals surface area contributed by atoms with Gasteiger partial charge in [-0.05, 0) is 78.9 Å². The smallest absolute Gasteiger partial charge is 0.269 e. The number of hydrogen-bond donors (Lipinski definition) is 1. The first-order chi connectivity index (χ1) is 16.8. The third kappa shape index (κ3) is 7.15. The molecule has 0 atom stereocenters. The molecule has 3 rings (SSSR count). The molecular weight excluding hydrogens is 582 g/mol. The van der Waals surface area contributed by atoms with Crippen LogP contribution in [0.25, 0.3) is 6.08 Å². The van der Waals surface area contributed by atoms with Crippen LogP contribution in [0.3, 0.4) is 0 Å². The van der Waals surface area contributed by atoms with Gasteiger partial charge in [-0.3, -0.25) is 14.9 Å². The van der Waals surface area contributed by atoms with E-state index in [1.165, 1.54) is 18.2 Å². The van der Waals surface area contributed by atoms with Crippen LogP contribution < -0.4 is 14.8 Å². The summed E-state index contributed by atoms with van der Waals surface area (Å²) in [4.78, 5) is 23.0. The summed E-state index contributed by atoms with van der Waals surface area (Å²) in [5, 5.41) is 23.2. The molecule has 0 saturated heterocycles. The highest BCUT2D eigenvalue weighted by Crippen LogP contribution is 2.36. The van der Waals surface area contributed by atoms with E-state index in [2.05, 4.69) is 37.2 Å². The quantitative estimate of drug-likeness (QED) is 0.141. The Bertz CT molecular complexity index is 1290. The number of nitrogens with one attached hydrogen (secondary N) is 1. The number of non-ortho nitro benzene ring substituents is 1. The molecule has 0 spiro atoms. The highest BCUT2D eigenvalue weighted by molar-refractivity contribution is 9.11. The Balaban J connectivity index is 1.69. The molecular formula is C25H19Br2N3O5. The molecule has 1 N–H and O–H groups in total. The summed E-state index contributed by atoms with van der Waals surface area (Å²) >= 11 is 6.89. The van der Waals surface area contributed by atoms with Gasteiger partial charge in [-0.25, -0.2) is 0 Å². The third-order valence-electron chi connectivity index (χ3n) is 4.81. The summed E-state index contributed by atoms with van der Waals surface area (Å²) in [7, 11) is 1.58. The van der Waals surface area contributed by atoms with Crippen molar-refractivity contribution in [3.8, 4) is 17.6 Å². The molecule has 0 radical (unpaired) electrons. The van der Waals surface area contributed by atoms with Crippen LogP contribution in [-0.4, -0.2) is 17.9 Å². The van der Waals surface area contributed by atoms with Crippen LogP contribution in [0.15, 0.2) is 75.2 Å². The highest BCUT2D eigenvalue weighted by atomic mass is 79.9. The molecule has 178 valence electrons. The maximum Gasteiger partial charge on any atom is 0.269 e. The average Bonchev–Trinajstić information content (AvgIpc) is 2.85. The molecule has 3 aromatic rings. The number of ether oxygens (including phenoxy) is 2. The summed E-state index contributed by atoms with van der Waals surface area (Å²) in [6.07, 6.45) is 1.48. The van der Waals surface area contributed by atoms with E-state index in [9.17, 15) is 20.2 Å². The molecule has 8 nitrogen and oxygen atoms in total. The molecule has 10 heteroatoms. The van der Waals surface area contributed by atoms with Crippen LogP contribution in [0.1, 0.15) is 16.7 Å². The van der Waals surface area contributed by atoms with Gasteiger partial charge in [-0.15, -0.1) is 0 Å². The lowest BCUT2D eigenvalue weighted by atomic mass is 10.1. The molecule has 0 aliphatic heterocycles. The number of halogens is 2. The second-order valence-electron chi connectivity index (χ2n) is 7.23. The van der Waals surface area contributed by atoms with Gasteiger partial charge in [-0.1, -0.05) is 24.3 Å². The minimum Gasteiger partial charge on any atom is -0.497 e. The predicted octanol–water partition coefficient (Wildman–Crippen LogP) is 5.93. The standard InChI is InChI=1S/C25H19Br2N3O5/c1-34-21-7-5-16(6-8-21)14-29-25(31)19(13-28)9-18-11-22(26)24(23(27)12-18)35-15-17-3-2-4-20(10-17)30(32)33/h2-12H,14-15H2,1H3,(H,29,31)/b19-9-. The van der Waals surface area contributed by atoms with Crippen LogP contribution in [0.5, 0.6) is 11.5 Å². The molecule has 1 amide bonds. The number of nitro groups is 1. The summed E-state index contributed by atoms with van der Waals surface area (Å²) < 4.78 is 12.1. The third-order valence-corrected chi connectivity index (χ3v) is 5.99. The average molecular weight is 601 g/mol. The molecule has 0 fully saturated rings. The van der Waals surface area contributed by atoms with E-state index in [-0.39, 0.29) is 24.4 Å². The summed E-state index contributed by atoms with van der Waals surface area (Å²) in [5.74, 6) is 0.698. The van der Waals surface area contributed by atoms with Gasteiger partial charge in [0.15, 0.2) is 0 Å². The van der Waals surface area contributed by atoms with Crippen molar-refractivity contribution in [3.05, 3.63) is 102 Å². The zero-order valence-corrected chi connectivity index (χ0v) is 21.6. The van der Waals surface area contributed by atoms with Gasteiger partial charge in [0.05, 0.1) is 21.0 Å². The molecule has 35 heavy (non-hydrogen) atoms. The van der Waals surface area contributed by atoms with E-state index in [0.717, 1.165) is 5.56 Å². The Kier molecular flexibility index (Phi) is 9.00. The van der Waals surface area contributed by atoms with Gasteiger partial charge in [0.25, 0.3) is 11.6 Å². The van der Waals surface area contributed by atoms with Crippen molar-refractivity contribution in [1.82, 2.24) is 5.32 Å². The van der Waals surface area contributed by atoms with E-state index in [1.807, 2.05) is 18.2 Å². The summed E-state index contributed by atoms with van der Waals surface area (Å²) in [5.41, 5.74) is 2.04. The number of nitrogens with zero attached hydrogens (tertiary/aromatic N) is 2. The van der Waals surface area contributed by atoms with Gasteiger partial charge in [-0.2, -0.15) is 5.26 Å². The largest absolute Gasteiger partial charge is 0.497 e. The molecule has 0 saturated carbocycles. The van der Waals surface area contributed by atoms with E-state index >= 15 is 0 Å². The molecule has 0 aliphatic rings. The van der Waals surface area contributed by atoms with Crippen LogP contribution in [0.2, 0.25) is 0 Å². The Morgan fingerprint density at radius 2 is 1.80 bits per heavy atom. The van der Waals surface area contributed by atoms with Gasteiger partial charge in [0, 0.05) is 18.7 Å². The maximum atomic E-state index is 12.5. The predicted molar refractivity (Wildman–Crippen MR) is 138 cm³/mol. The van der Waals surface area contributed by atoms with Gasteiger partial charge >= 0.3 is 0 Å². The van der Waals surface area contributed by atoms with Crippen molar-refractivity contribution < 1.29 is 19.2 Å². The van der Waals surface area contributed by atoms with Gasteiger partial charge < -0.3 is 14.8 Å². The number of nitro benzene ring substituents is 1. The minimum atomic E-state index is -0.499. The van der Waals surface area contributed by atoms with E-state index in [4.69, 9.17) is 9.47 Å². The number of nitriles is 1. The fourth-order valence-electron chi connectivity index (χ4n) is 3.05. The zero-order chi connectivity index (χ0) is 25.4.